The summed E-state index contributed by atoms with van der Waals surface area (Å²) in [6.07, 6.45) is 1.74. The van der Waals surface area contributed by atoms with E-state index in [2.05, 4.69) is 0 Å². The van der Waals surface area contributed by atoms with Crippen molar-refractivity contribution in [1.82, 2.24) is 0 Å². The first kappa shape index (κ1) is 11.7. The summed E-state index contributed by atoms with van der Waals surface area (Å²) in [5.41, 5.74) is 6.89. The van der Waals surface area contributed by atoms with Crippen molar-refractivity contribution in [3.63, 3.8) is 0 Å². The molecule has 0 saturated carbocycles. The summed E-state index contributed by atoms with van der Waals surface area (Å²) in [5, 5.41) is 0. The molecule has 0 aliphatic heterocycles. The number of nitrogens with two attached hydrogens (primary N) is 1. The zero-order valence-electron chi connectivity index (χ0n) is 8.34. The van der Waals surface area contributed by atoms with Gasteiger partial charge < -0.3 is 5.73 Å². The summed E-state index contributed by atoms with van der Waals surface area (Å²) in [4.78, 5) is 0. The minimum atomic E-state index is -0.257. The standard InChI is InChI=1S/C9H10FN.C2H6/c1-2-9(11)7-4-3-5-8(10)6-7;1-2/h2-6H,11H2,1H3;1-2H3/b9-2-;. The van der Waals surface area contributed by atoms with E-state index in [0.29, 0.717) is 5.70 Å². The summed E-state index contributed by atoms with van der Waals surface area (Å²) < 4.78 is 12.6. The second-order valence-corrected chi connectivity index (χ2v) is 2.25. The fourth-order valence-corrected chi connectivity index (χ4v) is 0.835. The van der Waals surface area contributed by atoms with Crippen LogP contribution in [0, 0.1) is 5.82 Å². The molecule has 0 unspecified atom stereocenters. The second kappa shape index (κ2) is 6.23. The van der Waals surface area contributed by atoms with E-state index in [4.69, 9.17) is 5.73 Å². The van der Waals surface area contributed by atoms with Crippen molar-refractivity contribution < 1.29 is 4.39 Å². The van der Waals surface area contributed by atoms with Gasteiger partial charge in [-0.2, -0.15) is 0 Å². The van der Waals surface area contributed by atoms with Gasteiger partial charge in [0.2, 0.25) is 0 Å². The number of hydrogen-bond acceptors (Lipinski definition) is 1. The highest BCUT2D eigenvalue weighted by Gasteiger charge is 1.95. The Morgan fingerprint density at radius 3 is 2.46 bits per heavy atom. The van der Waals surface area contributed by atoms with E-state index in [9.17, 15) is 4.39 Å². The lowest BCUT2D eigenvalue weighted by molar-refractivity contribution is 0.627. The molecule has 13 heavy (non-hydrogen) atoms. The van der Waals surface area contributed by atoms with Crippen molar-refractivity contribution in [3.8, 4) is 0 Å². The summed E-state index contributed by atoms with van der Waals surface area (Å²) in [6.45, 7) is 5.82. The third kappa shape index (κ3) is 3.74. The molecule has 0 amide bonds. The first-order valence-corrected chi connectivity index (χ1v) is 4.42. The summed E-state index contributed by atoms with van der Waals surface area (Å²) in [7, 11) is 0. The van der Waals surface area contributed by atoms with Crippen LogP contribution in [0.5, 0.6) is 0 Å². The van der Waals surface area contributed by atoms with Gasteiger partial charge in [-0.25, -0.2) is 4.39 Å². The predicted molar refractivity (Wildman–Crippen MR) is 55.6 cm³/mol. The normalized spacial score (nSPS) is 10.3. The molecular formula is C11H16FN. The first-order chi connectivity index (χ1) is 6.24. The molecule has 0 heterocycles. The number of rotatable bonds is 1. The number of halogens is 1. The van der Waals surface area contributed by atoms with Crippen molar-refractivity contribution in [2.75, 3.05) is 0 Å². The molecule has 1 aromatic rings. The molecule has 1 aromatic carbocycles. The Balaban J connectivity index is 0.000000671. The van der Waals surface area contributed by atoms with Crippen LogP contribution in [0.25, 0.3) is 5.70 Å². The molecule has 0 spiro atoms. The molecule has 0 saturated heterocycles. The van der Waals surface area contributed by atoms with Gasteiger partial charge in [0, 0.05) is 5.70 Å². The fraction of sp³-hybridized carbons (Fsp3) is 0.273. The highest BCUT2D eigenvalue weighted by atomic mass is 19.1. The summed E-state index contributed by atoms with van der Waals surface area (Å²) >= 11 is 0. The third-order valence-corrected chi connectivity index (χ3v) is 1.47. The fourth-order valence-electron chi connectivity index (χ4n) is 0.835. The molecule has 0 aromatic heterocycles. The Bertz CT molecular complexity index is 279. The molecule has 0 aliphatic carbocycles. The Morgan fingerprint density at radius 2 is 2.00 bits per heavy atom. The van der Waals surface area contributed by atoms with Gasteiger partial charge in [-0.3, -0.25) is 0 Å². The highest BCUT2D eigenvalue weighted by Crippen LogP contribution is 2.09. The van der Waals surface area contributed by atoms with E-state index in [-0.39, 0.29) is 5.82 Å². The Labute approximate surface area is 79.1 Å². The molecule has 0 radical (unpaired) electrons. The lowest BCUT2D eigenvalue weighted by Crippen LogP contribution is -1.95. The zero-order valence-corrected chi connectivity index (χ0v) is 8.34. The van der Waals surface area contributed by atoms with Crippen LogP contribution in [0.4, 0.5) is 4.39 Å². The van der Waals surface area contributed by atoms with Gasteiger partial charge in [0.05, 0.1) is 0 Å². The van der Waals surface area contributed by atoms with E-state index in [1.165, 1.54) is 12.1 Å². The SMILES string of the molecule is C/C=C(\N)c1cccc(F)c1.CC. The maximum atomic E-state index is 12.6. The van der Waals surface area contributed by atoms with E-state index in [1.807, 2.05) is 20.8 Å². The maximum Gasteiger partial charge on any atom is 0.123 e. The molecule has 1 rings (SSSR count). The molecule has 0 aliphatic rings. The Hall–Kier alpha value is -1.31. The van der Waals surface area contributed by atoms with Crippen molar-refractivity contribution in [3.05, 3.63) is 41.7 Å². The summed E-state index contributed by atoms with van der Waals surface area (Å²) in [6, 6.07) is 6.22. The van der Waals surface area contributed by atoms with Gasteiger partial charge in [-0.1, -0.05) is 32.1 Å². The smallest absolute Gasteiger partial charge is 0.123 e. The molecule has 2 heteroatoms. The van der Waals surface area contributed by atoms with Crippen LogP contribution in [-0.4, -0.2) is 0 Å². The molecule has 72 valence electrons. The van der Waals surface area contributed by atoms with Crippen molar-refractivity contribution >= 4 is 5.70 Å². The number of benzene rings is 1. The largest absolute Gasteiger partial charge is 0.399 e. The number of hydrogen-bond donors (Lipinski definition) is 1. The average Bonchev–Trinajstić information content (AvgIpc) is 2.20. The third-order valence-electron chi connectivity index (χ3n) is 1.47. The van der Waals surface area contributed by atoms with E-state index >= 15 is 0 Å². The highest BCUT2D eigenvalue weighted by molar-refractivity contribution is 5.61. The minimum Gasteiger partial charge on any atom is -0.399 e. The first-order valence-electron chi connectivity index (χ1n) is 4.42. The van der Waals surface area contributed by atoms with Gasteiger partial charge >= 0.3 is 0 Å². The van der Waals surface area contributed by atoms with Crippen molar-refractivity contribution in [2.45, 2.75) is 20.8 Å². The molecular weight excluding hydrogens is 165 g/mol. The quantitative estimate of drug-likeness (QED) is 0.707. The lowest BCUT2D eigenvalue weighted by atomic mass is 10.1. The van der Waals surface area contributed by atoms with Crippen LogP contribution in [0.2, 0.25) is 0 Å². The molecule has 0 fully saturated rings. The number of allylic oxidation sites excluding steroid dienone is 1. The maximum absolute atomic E-state index is 12.6. The molecule has 2 N–H and O–H groups in total. The zero-order chi connectivity index (χ0) is 10.3. The second-order valence-electron chi connectivity index (χ2n) is 2.25. The van der Waals surface area contributed by atoms with Crippen LogP contribution < -0.4 is 5.73 Å². The van der Waals surface area contributed by atoms with Gasteiger partial charge in [0.15, 0.2) is 0 Å². The summed E-state index contributed by atoms with van der Waals surface area (Å²) in [5.74, 6) is -0.257. The van der Waals surface area contributed by atoms with Crippen LogP contribution >= 0.6 is 0 Å². The van der Waals surface area contributed by atoms with Crippen molar-refractivity contribution in [1.29, 1.82) is 0 Å². The molecule has 0 atom stereocenters. The topological polar surface area (TPSA) is 26.0 Å². The Kier molecular flexibility index (Phi) is 5.60. The van der Waals surface area contributed by atoms with Gasteiger partial charge in [0.25, 0.3) is 0 Å². The molecule has 0 bridgehead atoms. The van der Waals surface area contributed by atoms with Gasteiger partial charge in [-0.05, 0) is 24.6 Å². The minimum absolute atomic E-state index is 0.257. The Morgan fingerprint density at radius 1 is 1.38 bits per heavy atom. The van der Waals surface area contributed by atoms with E-state index < -0.39 is 0 Å². The van der Waals surface area contributed by atoms with E-state index in [1.54, 1.807) is 18.2 Å². The predicted octanol–water partition coefficient (Wildman–Crippen LogP) is 3.17. The van der Waals surface area contributed by atoms with Crippen molar-refractivity contribution in [2.24, 2.45) is 5.73 Å². The van der Waals surface area contributed by atoms with Crippen LogP contribution in [0.1, 0.15) is 26.3 Å². The van der Waals surface area contributed by atoms with E-state index in [0.717, 1.165) is 5.56 Å². The van der Waals surface area contributed by atoms with Crippen LogP contribution in [0.15, 0.2) is 30.3 Å². The van der Waals surface area contributed by atoms with Gasteiger partial charge in [-0.15, -0.1) is 0 Å². The monoisotopic (exact) mass is 181 g/mol. The van der Waals surface area contributed by atoms with Crippen LogP contribution in [-0.2, 0) is 0 Å². The molecule has 1 nitrogen and oxygen atoms in total. The average molecular weight is 181 g/mol. The van der Waals surface area contributed by atoms with Gasteiger partial charge in [0.1, 0.15) is 5.82 Å². The van der Waals surface area contributed by atoms with Crippen LogP contribution in [0.3, 0.4) is 0 Å². The lowest BCUT2D eigenvalue weighted by Gasteiger charge is -1.99.